The summed E-state index contributed by atoms with van der Waals surface area (Å²) in [5.41, 5.74) is 2.58. The molecule has 1 saturated heterocycles. The van der Waals surface area contributed by atoms with Crippen molar-refractivity contribution in [3.8, 4) is 5.75 Å². The Kier molecular flexibility index (Phi) is 2.35. The average Bonchev–Trinajstić information content (AvgIpc) is 2.62. The molecule has 3 rings (SSSR count). The van der Waals surface area contributed by atoms with E-state index in [0.29, 0.717) is 6.10 Å². The molecule has 1 aromatic rings. The average molecular weight is 205 g/mol. The zero-order valence-electron chi connectivity index (χ0n) is 8.66. The van der Waals surface area contributed by atoms with Gasteiger partial charge in [0.15, 0.2) is 0 Å². The molecular formula is C12H15NO2. The van der Waals surface area contributed by atoms with Crippen LogP contribution >= 0.6 is 0 Å². The number of benzene rings is 1. The molecule has 1 fully saturated rings. The second kappa shape index (κ2) is 3.83. The molecule has 1 N–H and O–H groups in total. The fraction of sp³-hybridized carbons (Fsp3) is 0.500. The molecule has 0 spiro atoms. The molecule has 0 radical (unpaired) electrons. The molecule has 80 valence electrons. The zero-order chi connectivity index (χ0) is 10.1. The lowest BCUT2D eigenvalue weighted by molar-refractivity contribution is 0.00756. The number of rotatable bonds is 3. The van der Waals surface area contributed by atoms with Crippen LogP contribution in [0, 0.1) is 0 Å². The molecular weight excluding hydrogens is 190 g/mol. The quantitative estimate of drug-likeness (QED) is 0.802. The number of nitrogens with one attached hydrogen (secondary N) is 1. The Bertz CT molecular complexity index is 361. The Hall–Kier alpha value is -1.06. The minimum absolute atomic E-state index is 0.412. The van der Waals surface area contributed by atoms with Crippen molar-refractivity contribution in [2.24, 2.45) is 0 Å². The van der Waals surface area contributed by atoms with Gasteiger partial charge in [0.1, 0.15) is 5.75 Å². The van der Waals surface area contributed by atoms with Crippen LogP contribution in [-0.2, 0) is 17.8 Å². The van der Waals surface area contributed by atoms with Gasteiger partial charge in [0.05, 0.1) is 19.3 Å². The highest BCUT2D eigenvalue weighted by Gasteiger charge is 2.17. The summed E-state index contributed by atoms with van der Waals surface area (Å²) in [5.74, 6) is 1.05. The first kappa shape index (κ1) is 9.19. The summed E-state index contributed by atoms with van der Waals surface area (Å²) in [4.78, 5) is 0. The summed E-state index contributed by atoms with van der Waals surface area (Å²) < 4.78 is 11.2. The lowest BCUT2D eigenvalue weighted by Gasteiger charge is -2.27. The van der Waals surface area contributed by atoms with E-state index in [1.54, 1.807) is 0 Å². The second-order valence-corrected chi connectivity index (χ2v) is 4.13. The molecule has 0 aromatic heterocycles. The molecule has 0 aliphatic carbocycles. The van der Waals surface area contributed by atoms with E-state index in [1.807, 2.05) is 0 Å². The highest BCUT2D eigenvalue weighted by atomic mass is 16.5. The van der Waals surface area contributed by atoms with Gasteiger partial charge in [-0.15, -0.1) is 0 Å². The highest BCUT2D eigenvalue weighted by molar-refractivity contribution is 5.39. The first-order valence-electron chi connectivity index (χ1n) is 5.49. The smallest absolute Gasteiger partial charge is 0.122 e. The van der Waals surface area contributed by atoms with Crippen molar-refractivity contribution in [3.63, 3.8) is 0 Å². The molecule has 1 aromatic carbocycles. The molecule has 0 atom stereocenters. The van der Waals surface area contributed by atoms with E-state index in [2.05, 4.69) is 23.5 Å². The van der Waals surface area contributed by atoms with E-state index >= 15 is 0 Å². The van der Waals surface area contributed by atoms with Crippen molar-refractivity contribution >= 4 is 0 Å². The van der Waals surface area contributed by atoms with Gasteiger partial charge in [-0.3, -0.25) is 0 Å². The number of hydrogen-bond acceptors (Lipinski definition) is 3. The summed E-state index contributed by atoms with van der Waals surface area (Å²) in [6.07, 6.45) is 1.45. The van der Waals surface area contributed by atoms with Crippen molar-refractivity contribution in [2.75, 3.05) is 19.7 Å². The van der Waals surface area contributed by atoms with Crippen LogP contribution in [0.15, 0.2) is 18.2 Å². The molecule has 2 aliphatic rings. The molecule has 0 bridgehead atoms. The van der Waals surface area contributed by atoms with Gasteiger partial charge < -0.3 is 14.8 Å². The summed E-state index contributed by atoms with van der Waals surface area (Å²) >= 11 is 0. The standard InChI is InChI=1S/C12H15NO2/c1-2-12-10(3-4-14-12)5-9(1)8-15-11-6-13-7-11/h1-2,5,11,13H,3-4,6-8H2. The molecule has 0 amide bonds. The highest BCUT2D eigenvalue weighted by Crippen LogP contribution is 2.26. The van der Waals surface area contributed by atoms with Crippen LogP contribution in [0.3, 0.4) is 0 Å². The van der Waals surface area contributed by atoms with Crippen LogP contribution in [0.1, 0.15) is 11.1 Å². The van der Waals surface area contributed by atoms with E-state index in [4.69, 9.17) is 9.47 Å². The predicted molar refractivity (Wildman–Crippen MR) is 57.1 cm³/mol. The van der Waals surface area contributed by atoms with Crippen LogP contribution in [0.4, 0.5) is 0 Å². The number of hydrogen-bond donors (Lipinski definition) is 1. The Morgan fingerprint density at radius 2 is 2.33 bits per heavy atom. The molecule has 3 nitrogen and oxygen atoms in total. The molecule has 15 heavy (non-hydrogen) atoms. The van der Waals surface area contributed by atoms with Gasteiger partial charge in [0.25, 0.3) is 0 Å². The Morgan fingerprint density at radius 1 is 1.40 bits per heavy atom. The van der Waals surface area contributed by atoms with Crippen LogP contribution in [-0.4, -0.2) is 25.8 Å². The maximum Gasteiger partial charge on any atom is 0.122 e. The van der Waals surface area contributed by atoms with Crippen LogP contribution in [0.2, 0.25) is 0 Å². The minimum atomic E-state index is 0.412. The predicted octanol–water partition coefficient (Wildman–Crippen LogP) is 1.11. The van der Waals surface area contributed by atoms with Crippen molar-refractivity contribution in [1.29, 1.82) is 0 Å². The van der Waals surface area contributed by atoms with E-state index in [1.165, 1.54) is 11.1 Å². The van der Waals surface area contributed by atoms with E-state index in [-0.39, 0.29) is 0 Å². The topological polar surface area (TPSA) is 30.5 Å². The third kappa shape index (κ3) is 1.85. The van der Waals surface area contributed by atoms with E-state index in [9.17, 15) is 0 Å². The fourth-order valence-electron chi connectivity index (χ4n) is 1.92. The van der Waals surface area contributed by atoms with Crippen LogP contribution in [0.5, 0.6) is 5.75 Å². The first-order chi connectivity index (χ1) is 7.42. The first-order valence-corrected chi connectivity index (χ1v) is 5.49. The van der Waals surface area contributed by atoms with Crippen LogP contribution in [0.25, 0.3) is 0 Å². The molecule has 0 unspecified atom stereocenters. The SMILES string of the molecule is c1cc2c(cc1COC1CNC1)CCO2. The Labute approximate surface area is 89.4 Å². The van der Waals surface area contributed by atoms with Crippen molar-refractivity contribution in [2.45, 2.75) is 19.1 Å². The number of ether oxygens (including phenoxy) is 2. The van der Waals surface area contributed by atoms with Crippen molar-refractivity contribution < 1.29 is 9.47 Å². The second-order valence-electron chi connectivity index (χ2n) is 4.13. The maximum atomic E-state index is 5.72. The van der Waals surface area contributed by atoms with Gasteiger partial charge in [0.2, 0.25) is 0 Å². The van der Waals surface area contributed by atoms with Gasteiger partial charge in [0, 0.05) is 19.5 Å². The summed E-state index contributed by atoms with van der Waals surface area (Å²) in [6, 6.07) is 6.35. The zero-order valence-corrected chi connectivity index (χ0v) is 8.66. The van der Waals surface area contributed by atoms with Crippen molar-refractivity contribution in [3.05, 3.63) is 29.3 Å². The Balaban J connectivity index is 1.64. The molecule has 2 heterocycles. The number of fused-ring (bicyclic) bond motifs is 1. The molecule has 3 heteroatoms. The molecule has 2 aliphatic heterocycles. The lowest BCUT2D eigenvalue weighted by Crippen LogP contribution is -2.48. The molecule has 0 saturated carbocycles. The summed E-state index contributed by atoms with van der Waals surface area (Å²) in [5, 5.41) is 3.19. The van der Waals surface area contributed by atoms with Gasteiger partial charge in [-0.1, -0.05) is 6.07 Å². The third-order valence-electron chi connectivity index (χ3n) is 2.98. The maximum absolute atomic E-state index is 5.72. The summed E-state index contributed by atoms with van der Waals surface area (Å²) in [6.45, 7) is 3.54. The third-order valence-corrected chi connectivity index (χ3v) is 2.98. The van der Waals surface area contributed by atoms with Gasteiger partial charge in [-0.25, -0.2) is 0 Å². The van der Waals surface area contributed by atoms with E-state index < -0.39 is 0 Å². The minimum Gasteiger partial charge on any atom is -0.493 e. The van der Waals surface area contributed by atoms with Gasteiger partial charge >= 0.3 is 0 Å². The normalized spacial score (nSPS) is 19.5. The Morgan fingerprint density at radius 3 is 3.13 bits per heavy atom. The fourth-order valence-corrected chi connectivity index (χ4v) is 1.92. The van der Waals surface area contributed by atoms with Crippen molar-refractivity contribution in [1.82, 2.24) is 5.32 Å². The van der Waals surface area contributed by atoms with Gasteiger partial charge in [-0.05, 0) is 23.3 Å². The monoisotopic (exact) mass is 205 g/mol. The largest absolute Gasteiger partial charge is 0.493 e. The van der Waals surface area contributed by atoms with Crippen LogP contribution < -0.4 is 10.1 Å². The van der Waals surface area contributed by atoms with Gasteiger partial charge in [-0.2, -0.15) is 0 Å². The summed E-state index contributed by atoms with van der Waals surface area (Å²) in [7, 11) is 0. The lowest BCUT2D eigenvalue weighted by atomic mass is 10.1. The van der Waals surface area contributed by atoms with E-state index in [0.717, 1.165) is 38.5 Å².